The van der Waals surface area contributed by atoms with Crippen LogP contribution in [0.15, 0.2) is 88.8 Å². The van der Waals surface area contributed by atoms with E-state index in [9.17, 15) is 53.1 Å². The number of benzene rings is 3. The molecule has 0 bridgehead atoms. The molecule has 19 heteroatoms. The first-order valence-corrected chi connectivity index (χ1v) is 15.3. The average Bonchev–Trinajstić information content (AvgIpc) is 2.97. The zero-order chi connectivity index (χ0) is 34.1. The number of hydrogen-bond acceptors (Lipinski definition) is 8. The monoisotopic (exact) mass is 688 g/mol. The van der Waals surface area contributed by atoms with Crippen molar-refractivity contribution >= 4 is 48.3 Å². The van der Waals surface area contributed by atoms with Gasteiger partial charge in [0.2, 0.25) is 0 Å². The number of carbonyl (C=O) groups is 1. The summed E-state index contributed by atoms with van der Waals surface area (Å²) in [7, 11) is -9.92. The van der Waals surface area contributed by atoms with Crippen LogP contribution in [0.3, 0.4) is 0 Å². The largest absolute Gasteiger partial charge is 0.573 e. The van der Waals surface area contributed by atoms with Gasteiger partial charge in [-0.15, -0.1) is 13.2 Å². The van der Waals surface area contributed by atoms with Gasteiger partial charge in [-0.1, -0.05) is 24.3 Å². The van der Waals surface area contributed by atoms with Crippen molar-refractivity contribution in [2.24, 2.45) is 0 Å². The van der Waals surface area contributed by atoms with E-state index in [2.05, 4.69) is 9.72 Å². The van der Waals surface area contributed by atoms with Gasteiger partial charge < -0.3 is 9.84 Å². The Kier molecular flexibility index (Phi) is 9.08. The fraction of sp³-hybridized carbons (Fsp3) is 0.148. The standard InChI is InChI=1S/C27H18F6N4O7S2/c28-26(29,30)16-37(46(42,43)19-9-5-17(13-34)6-10-19)23-14-35-25(22-4-2-1-3-21(22)23)36(15-24(38)39)45(40,41)20-11-7-18(8-12-20)44-27(31,32)33/h1-12,14H,15-16H2,(H,38,39). The highest BCUT2D eigenvalue weighted by Gasteiger charge is 2.39. The van der Waals surface area contributed by atoms with Crippen LogP contribution in [-0.4, -0.2) is 58.5 Å². The van der Waals surface area contributed by atoms with Crippen molar-refractivity contribution in [3.05, 3.63) is 84.6 Å². The molecule has 1 heterocycles. The van der Waals surface area contributed by atoms with Gasteiger partial charge in [0, 0.05) is 10.8 Å². The highest BCUT2D eigenvalue weighted by molar-refractivity contribution is 7.93. The van der Waals surface area contributed by atoms with Crippen molar-refractivity contribution in [1.82, 2.24) is 4.98 Å². The first kappa shape index (κ1) is 33.8. The summed E-state index contributed by atoms with van der Waals surface area (Å²) in [5, 5.41) is 18.0. The zero-order valence-electron chi connectivity index (χ0n) is 22.7. The van der Waals surface area contributed by atoms with Crippen LogP contribution in [0.25, 0.3) is 10.8 Å². The van der Waals surface area contributed by atoms with E-state index < -0.39 is 78.7 Å². The quantitative estimate of drug-likeness (QED) is 0.225. The van der Waals surface area contributed by atoms with Crippen molar-refractivity contribution in [2.75, 3.05) is 21.7 Å². The van der Waals surface area contributed by atoms with Crippen LogP contribution in [0, 0.1) is 11.3 Å². The van der Waals surface area contributed by atoms with Crippen molar-refractivity contribution in [3.63, 3.8) is 0 Å². The molecular weight excluding hydrogens is 670 g/mol. The van der Waals surface area contributed by atoms with Gasteiger partial charge >= 0.3 is 18.5 Å². The predicted octanol–water partition coefficient (Wildman–Crippen LogP) is 5.04. The molecule has 0 aliphatic heterocycles. The maximum absolute atomic E-state index is 13.8. The maximum atomic E-state index is 13.8. The molecule has 11 nitrogen and oxygen atoms in total. The number of pyridine rings is 1. The molecule has 0 unspecified atom stereocenters. The third-order valence-electron chi connectivity index (χ3n) is 6.08. The number of sulfonamides is 2. The average molecular weight is 689 g/mol. The first-order valence-electron chi connectivity index (χ1n) is 12.4. The zero-order valence-corrected chi connectivity index (χ0v) is 24.3. The van der Waals surface area contributed by atoms with E-state index in [0.29, 0.717) is 30.5 Å². The lowest BCUT2D eigenvalue weighted by Crippen LogP contribution is -2.39. The Hall–Kier alpha value is -5.09. The predicted molar refractivity (Wildman–Crippen MR) is 149 cm³/mol. The fourth-order valence-electron chi connectivity index (χ4n) is 4.19. The number of carboxylic acids is 1. The van der Waals surface area contributed by atoms with Crippen LogP contribution in [0.2, 0.25) is 0 Å². The molecule has 0 spiro atoms. The minimum absolute atomic E-state index is 0.0110. The molecule has 0 aliphatic rings. The number of rotatable bonds is 10. The molecule has 1 N–H and O–H groups in total. The van der Waals surface area contributed by atoms with Gasteiger partial charge in [0.25, 0.3) is 20.0 Å². The Labute approximate surface area is 256 Å². The number of anilines is 2. The number of ether oxygens (including phenoxy) is 1. The Morgan fingerprint density at radius 3 is 1.85 bits per heavy atom. The summed E-state index contributed by atoms with van der Waals surface area (Å²) < 4.78 is 137. The summed E-state index contributed by atoms with van der Waals surface area (Å²) >= 11 is 0. The minimum atomic E-state index is -5.10. The molecule has 3 aromatic carbocycles. The summed E-state index contributed by atoms with van der Waals surface area (Å²) in [5.74, 6) is -3.13. The van der Waals surface area contributed by atoms with Crippen molar-refractivity contribution in [2.45, 2.75) is 22.3 Å². The second-order valence-corrected chi connectivity index (χ2v) is 12.9. The summed E-state index contributed by atoms with van der Waals surface area (Å²) in [6, 6.07) is 13.4. The summed E-state index contributed by atoms with van der Waals surface area (Å²) in [5.41, 5.74) is -0.623. The Morgan fingerprint density at radius 2 is 1.35 bits per heavy atom. The number of alkyl halides is 6. The second-order valence-electron chi connectivity index (χ2n) is 9.20. The van der Waals surface area contributed by atoms with Crippen LogP contribution in [0.4, 0.5) is 37.8 Å². The number of aromatic nitrogens is 1. The van der Waals surface area contributed by atoms with E-state index in [0.717, 1.165) is 36.4 Å². The third kappa shape index (κ3) is 7.40. The molecule has 0 radical (unpaired) electrons. The second kappa shape index (κ2) is 12.4. The molecule has 0 saturated carbocycles. The highest BCUT2D eigenvalue weighted by atomic mass is 32.2. The molecule has 242 valence electrons. The van der Waals surface area contributed by atoms with Crippen LogP contribution in [0.5, 0.6) is 5.75 Å². The Balaban J connectivity index is 1.90. The van der Waals surface area contributed by atoms with Crippen molar-refractivity contribution < 1.29 is 57.8 Å². The van der Waals surface area contributed by atoms with Crippen LogP contribution < -0.4 is 13.3 Å². The molecule has 0 saturated heterocycles. The van der Waals surface area contributed by atoms with E-state index in [1.54, 1.807) is 6.07 Å². The minimum Gasteiger partial charge on any atom is -0.480 e. The van der Waals surface area contributed by atoms with Gasteiger partial charge in [-0.2, -0.15) is 18.4 Å². The number of nitrogens with zero attached hydrogens (tertiary/aromatic N) is 4. The lowest BCUT2D eigenvalue weighted by molar-refractivity contribution is -0.274. The SMILES string of the molecule is N#Cc1ccc(S(=O)(=O)N(CC(F)(F)F)c2cnc(N(CC(=O)O)S(=O)(=O)c3ccc(OC(F)(F)F)cc3)c3ccccc23)cc1. The third-order valence-corrected chi connectivity index (χ3v) is 9.60. The van der Waals surface area contributed by atoms with Gasteiger partial charge in [-0.3, -0.25) is 9.10 Å². The van der Waals surface area contributed by atoms with E-state index in [-0.39, 0.29) is 24.9 Å². The lowest BCUT2D eigenvalue weighted by Gasteiger charge is -2.28. The molecule has 4 aromatic rings. The summed E-state index contributed by atoms with van der Waals surface area (Å²) in [4.78, 5) is 14.4. The van der Waals surface area contributed by atoms with E-state index in [1.807, 2.05) is 0 Å². The van der Waals surface area contributed by atoms with Gasteiger partial charge in [0.15, 0.2) is 5.82 Å². The van der Waals surface area contributed by atoms with Gasteiger partial charge in [-0.25, -0.2) is 26.1 Å². The van der Waals surface area contributed by atoms with Crippen molar-refractivity contribution in [1.29, 1.82) is 5.26 Å². The fourth-order valence-corrected chi connectivity index (χ4v) is 7.03. The van der Waals surface area contributed by atoms with Gasteiger partial charge in [0.1, 0.15) is 18.8 Å². The smallest absolute Gasteiger partial charge is 0.480 e. The number of fused-ring (bicyclic) bond motifs is 1. The summed E-state index contributed by atoms with van der Waals surface area (Å²) in [6.45, 7) is -3.35. The van der Waals surface area contributed by atoms with E-state index in [1.165, 1.54) is 12.1 Å². The Bertz CT molecular complexity index is 2030. The number of nitriles is 1. The van der Waals surface area contributed by atoms with E-state index >= 15 is 0 Å². The first-order chi connectivity index (χ1) is 21.3. The highest BCUT2D eigenvalue weighted by Crippen LogP contribution is 2.38. The van der Waals surface area contributed by atoms with E-state index in [4.69, 9.17) is 5.26 Å². The molecule has 0 fully saturated rings. The van der Waals surface area contributed by atoms with Crippen molar-refractivity contribution in [3.8, 4) is 11.8 Å². The van der Waals surface area contributed by atoms with Crippen LogP contribution in [0.1, 0.15) is 5.56 Å². The maximum Gasteiger partial charge on any atom is 0.573 e. The van der Waals surface area contributed by atoms with Gasteiger partial charge in [0.05, 0.1) is 33.3 Å². The van der Waals surface area contributed by atoms with Crippen LogP contribution in [-0.2, 0) is 24.8 Å². The molecule has 0 amide bonds. The molecule has 1 aromatic heterocycles. The molecular formula is C27H18F6N4O7S2. The molecule has 46 heavy (non-hydrogen) atoms. The number of carboxylic acid groups (broad SMARTS) is 1. The number of hydrogen-bond donors (Lipinski definition) is 1. The topological polar surface area (TPSA) is 158 Å². The van der Waals surface area contributed by atoms with Crippen LogP contribution >= 0.6 is 0 Å². The van der Waals surface area contributed by atoms with Gasteiger partial charge in [-0.05, 0) is 48.5 Å². The normalized spacial score (nSPS) is 12.4. The summed E-state index contributed by atoms with van der Waals surface area (Å²) in [6.07, 6.45) is -9.57. The molecule has 0 aliphatic carbocycles. The number of aliphatic carboxylic acids is 1. The molecule has 4 rings (SSSR count). The number of halogens is 6. The lowest BCUT2D eigenvalue weighted by atomic mass is 10.1. The molecule has 0 atom stereocenters. The Morgan fingerprint density at radius 1 is 0.826 bits per heavy atom.